The van der Waals surface area contributed by atoms with Gasteiger partial charge in [-0.3, -0.25) is 0 Å². The minimum Gasteiger partial charge on any atom is -0.392 e. The number of nitrogens with zero attached hydrogens (tertiary/aromatic N) is 2. The molecule has 1 rings (SSSR count). The lowest BCUT2D eigenvalue weighted by Gasteiger charge is -2.28. The van der Waals surface area contributed by atoms with Crippen molar-refractivity contribution in [2.75, 3.05) is 11.9 Å². The molecule has 0 amide bonds. The second-order valence-electron chi connectivity index (χ2n) is 4.90. The van der Waals surface area contributed by atoms with Crippen molar-refractivity contribution >= 4 is 17.4 Å². The van der Waals surface area contributed by atoms with Crippen molar-refractivity contribution in [2.24, 2.45) is 5.92 Å². The van der Waals surface area contributed by atoms with E-state index in [4.69, 9.17) is 16.7 Å². The summed E-state index contributed by atoms with van der Waals surface area (Å²) in [6.45, 7) is 6.54. The molecule has 0 aliphatic carbocycles. The fourth-order valence-electron chi connectivity index (χ4n) is 1.87. The Morgan fingerprint density at radius 1 is 1.41 bits per heavy atom. The highest BCUT2D eigenvalue weighted by molar-refractivity contribution is 6.33. The summed E-state index contributed by atoms with van der Waals surface area (Å²) in [6.07, 6.45) is 2.76. The summed E-state index contributed by atoms with van der Waals surface area (Å²) in [7, 11) is 2.00. The Balaban J connectivity index is 2.84. The quantitative estimate of drug-likeness (QED) is 0.880. The Hall–Kier alpha value is -0.800. The summed E-state index contributed by atoms with van der Waals surface area (Å²) in [5.41, 5.74) is 0.740. The number of hydrogen-bond donors (Lipinski definition) is 1. The number of hydrogen-bond acceptors (Lipinski definition) is 3. The van der Waals surface area contributed by atoms with Gasteiger partial charge in [0.1, 0.15) is 5.82 Å². The van der Waals surface area contributed by atoms with Gasteiger partial charge in [0.15, 0.2) is 0 Å². The maximum Gasteiger partial charge on any atom is 0.147 e. The van der Waals surface area contributed by atoms with Gasteiger partial charge in [-0.25, -0.2) is 4.98 Å². The van der Waals surface area contributed by atoms with E-state index in [-0.39, 0.29) is 6.61 Å². The molecule has 96 valence electrons. The molecule has 1 atom stereocenters. The highest BCUT2D eigenvalue weighted by atomic mass is 35.5. The van der Waals surface area contributed by atoms with Gasteiger partial charge in [0.2, 0.25) is 0 Å². The Morgan fingerprint density at radius 2 is 2.06 bits per heavy atom. The second kappa shape index (κ2) is 6.22. The van der Waals surface area contributed by atoms with E-state index in [1.54, 1.807) is 12.3 Å². The molecule has 1 N–H and O–H groups in total. The number of aromatic nitrogens is 1. The molecule has 0 aliphatic rings. The topological polar surface area (TPSA) is 36.4 Å². The van der Waals surface area contributed by atoms with Crippen LogP contribution in [0.2, 0.25) is 5.02 Å². The molecule has 1 aromatic rings. The number of anilines is 1. The average Bonchev–Trinajstić information content (AvgIpc) is 2.27. The molecule has 0 saturated carbocycles. The summed E-state index contributed by atoms with van der Waals surface area (Å²) in [5, 5.41) is 9.60. The van der Waals surface area contributed by atoms with Crippen molar-refractivity contribution in [2.45, 2.75) is 39.8 Å². The van der Waals surface area contributed by atoms with Crippen LogP contribution in [0.3, 0.4) is 0 Å². The third kappa shape index (κ3) is 3.86. The zero-order chi connectivity index (χ0) is 13.0. The van der Waals surface area contributed by atoms with E-state index in [0.29, 0.717) is 17.0 Å². The van der Waals surface area contributed by atoms with Crippen molar-refractivity contribution in [3.8, 4) is 0 Å². The van der Waals surface area contributed by atoms with E-state index in [2.05, 4.69) is 30.7 Å². The zero-order valence-electron chi connectivity index (χ0n) is 10.9. The van der Waals surface area contributed by atoms with Crippen LogP contribution in [0.25, 0.3) is 0 Å². The van der Waals surface area contributed by atoms with Crippen molar-refractivity contribution in [1.82, 2.24) is 4.98 Å². The van der Waals surface area contributed by atoms with E-state index >= 15 is 0 Å². The summed E-state index contributed by atoms with van der Waals surface area (Å²) in [4.78, 5) is 6.40. The van der Waals surface area contributed by atoms with Crippen LogP contribution in [-0.2, 0) is 6.61 Å². The van der Waals surface area contributed by atoms with Gasteiger partial charge >= 0.3 is 0 Å². The molecule has 1 aromatic heterocycles. The minimum atomic E-state index is -0.0295. The molecule has 4 heteroatoms. The van der Waals surface area contributed by atoms with Crippen LogP contribution in [0.4, 0.5) is 5.82 Å². The normalized spacial score (nSPS) is 12.9. The lowest BCUT2D eigenvalue weighted by molar-refractivity contribution is 0.281. The SMILES string of the molecule is CC(C)CC(C)N(C)c1ncc(CO)cc1Cl. The van der Waals surface area contributed by atoms with E-state index in [9.17, 15) is 0 Å². The van der Waals surface area contributed by atoms with Crippen molar-refractivity contribution < 1.29 is 5.11 Å². The van der Waals surface area contributed by atoms with E-state index < -0.39 is 0 Å². The Labute approximate surface area is 108 Å². The first kappa shape index (κ1) is 14.3. The first-order valence-corrected chi connectivity index (χ1v) is 6.31. The summed E-state index contributed by atoms with van der Waals surface area (Å²) < 4.78 is 0. The van der Waals surface area contributed by atoms with E-state index in [1.165, 1.54) is 0 Å². The molecule has 3 nitrogen and oxygen atoms in total. The second-order valence-corrected chi connectivity index (χ2v) is 5.30. The van der Waals surface area contributed by atoms with Crippen molar-refractivity contribution in [3.05, 3.63) is 22.8 Å². The Kier molecular flexibility index (Phi) is 5.22. The summed E-state index contributed by atoms with van der Waals surface area (Å²) >= 11 is 6.17. The van der Waals surface area contributed by atoms with Crippen LogP contribution in [0, 0.1) is 5.92 Å². The predicted molar refractivity (Wildman–Crippen MR) is 72.5 cm³/mol. The fourth-order valence-corrected chi connectivity index (χ4v) is 2.19. The fraction of sp³-hybridized carbons (Fsp3) is 0.615. The maximum atomic E-state index is 9.01. The molecule has 0 spiro atoms. The van der Waals surface area contributed by atoms with Gasteiger partial charge in [-0.15, -0.1) is 0 Å². The molecule has 0 aromatic carbocycles. The van der Waals surface area contributed by atoms with Gasteiger partial charge in [-0.05, 0) is 30.9 Å². The van der Waals surface area contributed by atoms with Gasteiger partial charge in [0, 0.05) is 19.3 Å². The summed E-state index contributed by atoms with van der Waals surface area (Å²) in [5.74, 6) is 1.42. The van der Waals surface area contributed by atoms with Crippen molar-refractivity contribution in [1.29, 1.82) is 0 Å². The highest BCUT2D eigenvalue weighted by Crippen LogP contribution is 2.26. The Morgan fingerprint density at radius 3 is 2.53 bits per heavy atom. The molecular formula is C13H21ClN2O. The molecular weight excluding hydrogens is 236 g/mol. The zero-order valence-corrected chi connectivity index (χ0v) is 11.7. The van der Waals surface area contributed by atoms with Gasteiger partial charge in [0.05, 0.1) is 11.6 Å². The van der Waals surface area contributed by atoms with E-state index in [1.807, 2.05) is 7.05 Å². The van der Waals surface area contributed by atoms with Crippen LogP contribution >= 0.6 is 11.6 Å². The van der Waals surface area contributed by atoms with Gasteiger partial charge in [-0.1, -0.05) is 25.4 Å². The lowest BCUT2D eigenvalue weighted by Crippen LogP contribution is -2.31. The van der Waals surface area contributed by atoms with Gasteiger partial charge in [0.25, 0.3) is 0 Å². The summed E-state index contributed by atoms with van der Waals surface area (Å²) in [6, 6.07) is 2.16. The standard InChI is InChI=1S/C13H21ClN2O/c1-9(2)5-10(3)16(4)13-12(14)6-11(8-17)7-15-13/h6-7,9-10,17H,5,8H2,1-4H3. The number of pyridine rings is 1. The van der Waals surface area contributed by atoms with Gasteiger partial charge in [-0.2, -0.15) is 0 Å². The lowest BCUT2D eigenvalue weighted by atomic mass is 10.0. The predicted octanol–water partition coefficient (Wildman–Crippen LogP) is 3.10. The van der Waals surface area contributed by atoms with Crippen LogP contribution in [0.5, 0.6) is 0 Å². The molecule has 0 radical (unpaired) electrons. The molecule has 1 unspecified atom stereocenters. The smallest absolute Gasteiger partial charge is 0.147 e. The first-order valence-electron chi connectivity index (χ1n) is 5.93. The minimum absolute atomic E-state index is 0.0295. The van der Waals surface area contributed by atoms with Crippen LogP contribution in [-0.4, -0.2) is 23.2 Å². The largest absolute Gasteiger partial charge is 0.392 e. The molecule has 1 heterocycles. The average molecular weight is 257 g/mol. The van der Waals surface area contributed by atoms with Crippen LogP contribution in [0.1, 0.15) is 32.8 Å². The number of halogens is 1. The molecule has 0 saturated heterocycles. The first-order chi connectivity index (χ1) is 7.95. The number of aliphatic hydroxyl groups is 1. The molecule has 17 heavy (non-hydrogen) atoms. The monoisotopic (exact) mass is 256 g/mol. The molecule has 0 fully saturated rings. The molecule has 0 bridgehead atoms. The Bertz CT molecular complexity index is 368. The maximum absolute atomic E-state index is 9.01. The van der Waals surface area contributed by atoms with Gasteiger partial charge < -0.3 is 10.0 Å². The van der Waals surface area contributed by atoms with E-state index in [0.717, 1.165) is 17.8 Å². The number of rotatable bonds is 5. The highest BCUT2D eigenvalue weighted by Gasteiger charge is 2.15. The van der Waals surface area contributed by atoms with Crippen LogP contribution in [0.15, 0.2) is 12.3 Å². The number of aliphatic hydroxyl groups excluding tert-OH is 1. The third-order valence-corrected chi connectivity index (χ3v) is 3.15. The van der Waals surface area contributed by atoms with Crippen LogP contribution < -0.4 is 4.90 Å². The van der Waals surface area contributed by atoms with Crippen molar-refractivity contribution in [3.63, 3.8) is 0 Å². The third-order valence-electron chi connectivity index (χ3n) is 2.87. The molecule has 0 aliphatic heterocycles.